The Morgan fingerprint density at radius 1 is 1.35 bits per heavy atom. The van der Waals surface area contributed by atoms with Crippen molar-refractivity contribution >= 4 is 15.7 Å². The van der Waals surface area contributed by atoms with Crippen molar-refractivity contribution in [2.75, 3.05) is 18.1 Å². The van der Waals surface area contributed by atoms with Crippen LogP contribution in [-0.2, 0) is 14.6 Å². The lowest BCUT2D eigenvalue weighted by atomic mass is 9.96. The summed E-state index contributed by atoms with van der Waals surface area (Å²) in [6.07, 6.45) is 3.43. The van der Waals surface area contributed by atoms with Crippen LogP contribution in [0.15, 0.2) is 0 Å². The molecule has 1 saturated heterocycles. The molecular weight excluding hydrogens is 240 g/mol. The van der Waals surface area contributed by atoms with Gasteiger partial charge in [0.05, 0.1) is 17.0 Å². The van der Waals surface area contributed by atoms with E-state index in [0.717, 1.165) is 25.7 Å². The number of hydrogen-bond acceptors (Lipinski definition) is 4. The highest BCUT2D eigenvalue weighted by molar-refractivity contribution is 7.91. The molecule has 0 spiro atoms. The summed E-state index contributed by atoms with van der Waals surface area (Å²) in [5.74, 6) is 0.0750. The molecule has 5 nitrogen and oxygen atoms in total. The van der Waals surface area contributed by atoms with E-state index in [4.69, 9.17) is 5.73 Å². The van der Waals surface area contributed by atoms with E-state index in [9.17, 15) is 13.2 Å². The summed E-state index contributed by atoms with van der Waals surface area (Å²) >= 11 is 0. The van der Waals surface area contributed by atoms with Crippen molar-refractivity contribution in [2.45, 2.75) is 44.2 Å². The first-order valence-electron chi connectivity index (χ1n) is 6.14. The lowest BCUT2D eigenvalue weighted by Crippen LogP contribution is -2.59. The van der Waals surface area contributed by atoms with Crippen molar-refractivity contribution in [3.05, 3.63) is 0 Å². The standard InChI is InChI=1S/C11H20N2O3S/c1-9-8-17(15,16)7-6-13(9)10(14)11(12)4-2-3-5-11/h9H,2-8,12H2,1H3. The molecule has 0 radical (unpaired) electrons. The Kier molecular flexibility index (Phi) is 3.20. The molecule has 1 unspecified atom stereocenters. The number of amides is 1. The lowest BCUT2D eigenvalue weighted by molar-refractivity contribution is -0.138. The molecule has 1 amide bonds. The van der Waals surface area contributed by atoms with Crippen LogP contribution in [0.2, 0.25) is 0 Å². The van der Waals surface area contributed by atoms with Crippen LogP contribution in [-0.4, -0.2) is 48.9 Å². The van der Waals surface area contributed by atoms with Gasteiger partial charge in [0, 0.05) is 12.6 Å². The fourth-order valence-corrected chi connectivity index (χ4v) is 4.36. The van der Waals surface area contributed by atoms with Gasteiger partial charge in [0.25, 0.3) is 0 Å². The van der Waals surface area contributed by atoms with E-state index in [2.05, 4.69) is 0 Å². The molecule has 2 N–H and O–H groups in total. The zero-order chi connectivity index (χ0) is 12.7. The van der Waals surface area contributed by atoms with Gasteiger partial charge in [-0.3, -0.25) is 4.79 Å². The van der Waals surface area contributed by atoms with Crippen LogP contribution < -0.4 is 5.73 Å². The second-order valence-corrected chi connectivity index (χ2v) is 7.55. The van der Waals surface area contributed by atoms with E-state index in [-0.39, 0.29) is 23.5 Å². The average molecular weight is 260 g/mol. The summed E-state index contributed by atoms with van der Waals surface area (Å²) in [6.45, 7) is 2.08. The monoisotopic (exact) mass is 260 g/mol. The normalized spacial score (nSPS) is 31.4. The smallest absolute Gasteiger partial charge is 0.242 e. The largest absolute Gasteiger partial charge is 0.336 e. The molecule has 1 saturated carbocycles. The summed E-state index contributed by atoms with van der Waals surface area (Å²) in [7, 11) is -2.98. The minimum absolute atomic E-state index is 0.0580. The van der Waals surface area contributed by atoms with Crippen molar-refractivity contribution in [3.8, 4) is 0 Å². The molecule has 0 aromatic heterocycles. The zero-order valence-electron chi connectivity index (χ0n) is 10.2. The predicted octanol–water partition coefficient (Wildman–Crippen LogP) is -0.0966. The summed E-state index contributed by atoms with van der Waals surface area (Å²) < 4.78 is 22.9. The summed E-state index contributed by atoms with van der Waals surface area (Å²) in [5.41, 5.74) is 5.38. The molecule has 0 aromatic rings. The van der Waals surface area contributed by atoms with Gasteiger partial charge >= 0.3 is 0 Å². The van der Waals surface area contributed by atoms with Gasteiger partial charge in [-0.25, -0.2) is 8.42 Å². The molecule has 2 rings (SSSR count). The van der Waals surface area contributed by atoms with Gasteiger partial charge in [0.15, 0.2) is 9.84 Å². The third kappa shape index (κ3) is 2.47. The minimum Gasteiger partial charge on any atom is -0.336 e. The van der Waals surface area contributed by atoms with Crippen molar-refractivity contribution in [1.29, 1.82) is 0 Å². The summed E-state index contributed by atoms with van der Waals surface area (Å²) in [5, 5.41) is 0. The van der Waals surface area contributed by atoms with Crippen LogP contribution in [0.5, 0.6) is 0 Å². The van der Waals surface area contributed by atoms with E-state index < -0.39 is 15.4 Å². The quantitative estimate of drug-likeness (QED) is 0.714. The van der Waals surface area contributed by atoms with Crippen LogP contribution in [0.3, 0.4) is 0 Å². The maximum Gasteiger partial charge on any atom is 0.242 e. The van der Waals surface area contributed by atoms with E-state index >= 15 is 0 Å². The molecule has 0 bridgehead atoms. The molecular formula is C11H20N2O3S. The number of rotatable bonds is 1. The third-order valence-corrected chi connectivity index (χ3v) is 5.65. The zero-order valence-corrected chi connectivity index (χ0v) is 11.0. The highest BCUT2D eigenvalue weighted by atomic mass is 32.2. The van der Waals surface area contributed by atoms with Gasteiger partial charge in [-0.05, 0) is 19.8 Å². The molecule has 0 aromatic carbocycles. The highest BCUT2D eigenvalue weighted by Crippen LogP contribution is 2.30. The maximum atomic E-state index is 12.3. The number of carbonyl (C=O) groups excluding carboxylic acids is 1. The van der Waals surface area contributed by atoms with Crippen LogP contribution >= 0.6 is 0 Å². The SMILES string of the molecule is CC1CS(=O)(=O)CCN1C(=O)C1(N)CCCC1. The molecule has 98 valence electrons. The summed E-state index contributed by atoms with van der Waals surface area (Å²) in [6, 6.07) is -0.248. The first-order valence-corrected chi connectivity index (χ1v) is 7.97. The highest BCUT2D eigenvalue weighted by Gasteiger charge is 2.43. The first-order chi connectivity index (χ1) is 7.84. The Hall–Kier alpha value is -0.620. The lowest BCUT2D eigenvalue weighted by Gasteiger charge is -2.38. The maximum absolute atomic E-state index is 12.3. The van der Waals surface area contributed by atoms with Crippen LogP contribution in [0.4, 0.5) is 0 Å². The molecule has 6 heteroatoms. The van der Waals surface area contributed by atoms with Gasteiger partial charge in [0.2, 0.25) is 5.91 Å². The topological polar surface area (TPSA) is 80.5 Å². The molecule has 17 heavy (non-hydrogen) atoms. The minimum atomic E-state index is -2.98. The number of carbonyl (C=O) groups is 1. The van der Waals surface area contributed by atoms with E-state index in [0.29, 0.717) is 6.54 Å². The average Bonchev–Trinajstić information content (AvgIpc) is 2.64. The fraction of sp³-hybridized carbons (Fsp3) is 0.909. The third-order valence-electron chi connectivity index (χ3n) is 3.85. The fourth-order valence-electron chi connectivity index (χ4n) is 2.81. The van der Waals surface area contributed by atoms with Crippen molar-refractivity contribution < 1.29 is 13.2 Å². The van der Waals surface area contributed by atoms with Crippen LogP contribution in [0.25, 0.3) is 0 Å². The van der Waals surface area contributed by atoms with Gasteiger partial charge in [0.1, 0.15) is 0 Å². The second-order valence-electron chi connectivity index (χ2n) is 5.33. The number of nitrogens with two attached hydrogens (primary N) is 1. The molecule has 1 heterocycles. The molecule has 1 atom stereocenters. The number of sulfone groups is 1. The van der Waals surface area contributed by atoms with E-state index in [1.807, 2.05) is 0 Å². The van der Waals surface area contributed by atoms with Crippen molar-refractivity contribution in [1.82, 2.24) is 4.90 Å². The Morgan fingerprint density at radius 2 is 1.94 bits per heavy atom. The van der Waals surface area contributed by atoms with Crippen LogP contribution in [0.1, 0.15) is 32.6 Å². The Balaban J connectivity index is 2.11. The Morgan fingerprint density at radius 3 is 2.47 bits per heavy atom. The van der Waals surface area contributed by atoms with Gasteiger partial charge in [-0.15, -0.1) is 0 Å². The second kappa shape index (κ2) is 4.24. The number of nitrogens with zero attached hydrogens (tertiary/aromatic N) is 1. The van der Waals surface area contributed by atoms with E-state index in [1.54, 1.807) is 11.8 Å². The molecule has 2 aliphatic rings. The summed E-state index contributed by atoms with van der Waals surface area (Å²) in [4.78, 5) is 14.0. The molecule has 1 aliphatic heterocycles. The Labute approximate surface area is 102 Å². The first kappa shape index (κ1) is 12.8. The predicted molar refractivity (Wildman–Crippen MR) is 65.2 cm³/mol. The van der Waals surface area contributed by atoms with Crippen molar-refractivity contribution in [3.63, 3.8) is 0 Å². The Bertz CT molecular complexity index is 412. The molecule has 1 aliphatic carbocycles. The van der Waals surface area contributed by atoms with E-state index in [1.165, 1.54) is 0 Å². The van der Waals surface area contributed by atoms with Gasteiger partial charge in [-0.2, -0.15) is 0 Å². The van der Waals surface area contributed by atoms with Gasteiger partial charge in [-0.1, -0.05) is 12.8 Å². The van der Waals surface area contributed by atoms with Gasteiger partial charge < -0.3 is 10.6 Å². The molecule has 2 fully saturated rings. The van der Waals surface area contributed by atoms with Crippen molar-refractivity contribution in [2.24, 2.45) is 5.73 Å². The number of hydrogen-bond donors (Lipinski definition) is 1. The van der Waals surface area contributed by atoms with Crippen LogP contribution in [0, 0.1) is 0 Å².